The van der Waals surface area contributed by atoms with Crippen LogP contribution in [0.2, 0.25) is 0 Å². The maximum Gasteiger partial charge on any atom is 0.151 e. The summed E-state index contributed by atoms with van der Waals surface area (Å²) >= 11 is 0. The van der Waals surface area contributed by atoms with Crippen molar-refractivity contribution in [2.75, 3.05) is 13.1 Å². The summed E-state index contributed by atoms with van der Waals surface area (Å²) in [5, 5.41) is 13.2. The average molecular weight is 211 g/mol. The van der Waals surface area contributed by atoms with Crippen LogP contribution >= 0.6 is 0 Å². The standard InChI is InChI=1S/C10H17N3O2/c11-6-8-5-10(15-12-8)7-13-3-1-9(14)2-4-13/h5,9,14H,1-4,6-7,11H2. The molecule has 84 valence electrons. The summed E-state index contributed by atoms with van der Waals surface area (Å²) in [6.45, 7) is 3.02. The van der Waals surface area contributed by atoms with E-state index in [1.807, 2.05) is 6.07 Å². The number of likely N-dealkylation sites (tertiary alicyclic amines) is 1. The molecule has 0 bridgehead atoms. The van der Waals surface area contributed by atoms with Gasteiger partial charge in [0.05, 0.1) is 18.3 Å². The zero-order valence-corrected chi connectivity index (χ0v) is 8.72. The lowest BCUT2D eigenvalue weighted by molar-refractivity contribution is 0.0749. The first-order chi connectivity index (χ1) is 7.28. The highest BCUT2D eigenvalue weighted by atomic mass is 16.5. The number of hydrogen-bond donors (Lipinski definition) is 2. The van der Waals surface area contributed by atoms with Crippen LogP contribution in [0, 0.1) is 0 Å². The summed E-state index contributed by atoms with van der Waals surface area (Å²) in [7, 11) is 0. The maximum absolute atomic E-state index is 9.36. The molecule has 3 N–H and O–H groups in total. The first-order valence-corrected chi connectivity index (χ1v) is 5.33. The van der Waals surface area contributed by atoms with E-state index in [1.54, 1.807) is 0 Å². The quantitative estimate of drug-likeness (QED) is 0.741. The summed E-state index contributed by atoms with van der Waals surface area (Å²) in [4.78, 5) is 2.26. The minimum atomic E-state index is -0.129. The van der Waals surface area contributed by atoms with Gasteiger partial charge in [-0.3, -0.25) is 4.90 Å². The Kier molecular flexibility index (Phi) is 3.35. The SMILES string of the molecule is NCc1cc(CN2CCC(O)CC2)on1. The van der Waals surface area contributed by atoms with Gasteiger partial charge in [0.2, 0.25) is 0 Å². The summed E-state index contributed by atoms with van der Waals surface area (Å²) < 4.78 is 5.15. The molecule has 0 amide bonds. The Labute approximate surface area is 88.8 Å². The molecule has 0 unspecified atom stereocenters. The fourth-order valence-corrected chi connectivity index (χ4v) is 1.82. The summed E-state index contributed by atoms with van der Waals surface area (Å²) in [6, 6.07) is 1.89. The van der Waals surface area contributed by atoms with E-state index in [4.69, 9.17) is 10.3 Å². The highest BCUT2D eigenvalue weighted by Crippen LogP contribution is 2.14. The monoisotopic (exact) mass is 211 g/mol. The Bertz CT molecular complexity index is 305. The second-order valence-corrected chi connectivity index (χ2v) is 4.00. The molecular weight excluding hydrogens is 194 g/mol. The van der Waals surface area contributed by atoms with Gasteiger partial charge >= 0.3 is 0 Å². The highest BCUT2D eigenvalue weighted by molar-refractivity contribution is 5.04. The normalized spacial score (nSPS) is 19.6. The van der Waals surface area contributed by atoms with Crippen molar-refractivity contribution in [1.82, 2.24) is 10.1 Å². The Balaban J connectivity index is 1.86. The van der Waals surface area contributed by atoms with E-state index in [0.717, 1.165) is 43.9 Å². The number of nitrogens with zero attached hydrogens (tertiary/aromatic N) is 2. The predicted molar refractivity (Wildman–Crippen MR) is 54.9 cm³/mol. The number of aliphatic hydroxyl groups excluding tert-OH is 1. The molecule has 0 spiro atoms. The van der Waals surface area contributed by atoms with Crippen molar-refractivity contribution in [3.05, 3.63) is 17.5 Å². The van der Waals surface area contributed by atoms with Crippen molar-refractivity contribution in [2.45, 2.75) is 32.0 Å². The van der Waals surface area contributed by atoms with Gasteiger partial charge in [-0.2, -0.15) is 0 Å². The highest BCUT2D eigenvalue weighted by Gasteiger charge is 2.18. The molecule has 2 rings (SSSR count). The van der Waals surface area contributed by atoms with Crippen LogP contribution in [0.5, 0.6) is 0 Å². The van der Waals surface area contributed by atoms with Crippen LogP contribution in [-0.2, 0) is 13.1 Å². The maximum atomic E-state index is 9.36. The van der Waals surface area contributed by atoms with E-state index in [0.29, 0.717) is 6.54 Å². The van der Waals surface area contributed by atoms with Crippen LogP contribution in [0.1, 0.15) is 24.3 Å². The Morgan fingerprint density at radius 1 is 1.53 bits per heavy atom. The molecule has 1 saturated heterocycles. The van der Waals surface area contributed by atoms with Crippen molar-refractivity contribution >= 4 is 0 Å². The van der Waals surface area contributed by atoms with Crippen LogP contribution in [0.25, 0.3) is 0 Å². The van der Waals surface area contributed by atoms with Gasteiger partial charge in [0, 0.05) is 25.7 Å². The van der Waals surface area contributed by atoms with E-state index < -0.39 is 0 Å². The second kappa shape index (κ2) is 4.74. The molecule has 1 fully saturated rings. The van der Waals surface area contributed by atoms with Gasteiger partial charge in [-0.05, 0) is 12.8 Å². The number of nitrogens with two attached hydrogens (primary N) is 1. The Morgan fingerprint density at radius 2 is 2.27 bits per heavy atom. The smallest absolute Gasteiger partial charge is 0.151 e. The summed E-state index contributed by atoms with van der Waals surface area (Å²) in [5.41, 5.74) is 6.24. The van der Waals surface area contributed by atoms with Crippen molar-refractivity contribution in [3.63, 3.8) is 0 Å². The van der Waals surface area contributed by atoms with E-state index >= 15 is 0 Å². The molecule has 1 aliphatic rings. The van der Waals surface area contributed by atoms with E-state index in [-0.39, 0.29) is 6.10 Å². The largest absolute Gasteiger partial charge is 0.393 e. The van der Waals surface area contributed by atoms with Gasteiger partial charge in [-0.1, -0.05) is 5.16 Å². The molecule has 0 aromatic carbocycles. The summed E-state index contributed by atoms with van der Waals surface area (Å²) in [5.74, 6) is 0.854. The van der Waals surface area contributed by atoms with Crippen LogP contribution in [0.3, 0.4) is 0 Å². The van der Waals surface area contributed by atoms with E-state index in [2.05, 4.69) is 10.1 Å². The minimum Gasteiger partial charge on any atom is -0.393 e. The van der Waals surface area contributed by atoms with Crippen LogP contribution < -0.4 is 5.73 Å². The summed E-state index contributed by atoms with van der Waals surface area (Å²) in [6.07, 6.45) is 1.56. The van der Waals surface area contributed by atoms with Gasteiger partial charge in [0.1, 0.15) is 0 Å². The third-order valence-corrected chi connectivity index (χ3v) is 2.75. The predicted octanol–water partition coefficient (Wildman–Crippen LogP) is 0.0900. The second-order valence-electron chi connectivity index (χ2n) is 4.00. The van der Waals surface area contributed by atoms with Crippen LogP contribution in [-0.4, -0.2) is 34.4 Å². The topological polar surface area (TPSA) is 75.5 Å². The first kappa shape index (κ1) is 10.6. The van der Waals surface area contributed by atoms with Gasteiger partial charge in [-0.25, -0.2) is 0 Å². The lowest BCUT2D eigenvalue weighted by Crippen LogP contribution is -2.35. The third kappa shape index (κ3) is 2.77. The Morgan fingerprint density at radius 3 is 2.87 bits per heavy atom. The number of rotatable bonds is 3. The number of hydrogen-bond acceptors (Lipinski definition) is 5. The number of aromatic nitrogens is 1. The first-order valence-electron chi connectivity index (χ1n) is 5.33. The fraction of sp³-hybridized carbons (Fsp3) is 0.700. The van der Waals surface area contributed by atoms with Crippen molar-refractivity contribution < 1.29 is 9.63 Å². The van der Waals surface area contributed by atoms with E-state index in [9.17, 15) is 5.11 Å². The molecule has 1 aliphatic heterocycles. The zero-order chi connectivity index (χ0) is 10.7. The zero-order valence-electron chi connectivity index (χ0n) is 8.72. The average Bonchev–Trinajstić information content (AvgIpc) is 2.69. The molecule has 5 heteroatoms. The molecule has 1 aromatic heterocycles. The van der Waals surface area contributed by atoms with Gasteiger partial charge < -0.3 is 15.4 Å². The lowest BCUT2D eigenvalue weighted by Gasteiger charge is -2.28. The fourth-order valence-electron chi connectivity index (χ4n) is 1.82. The molecule has 2 heterocycles. The molecule has 15 heavy (non-hydrogen) atoms. The molecule has 0 radical (unpaired) electrons. The lowest BCUT2D eigenvalue weighted by atomic mass is 10.1. The van der Waals surface area contributed by atoms with Crippen LogP contribution in [0.15, 0.2) is 10.6 Å². The van der Waals surface area contributed by atoms with E-state index in [1.165, 1.54) is 0 Å². The third-order valence-electron chi connectivity index (χ3n) is 2.75. The van der Waals surface area contributed by atoms with Crippen LogP contribution in [0.4, 0.5) is 0 Å². The minimum absolute atomic E-state index is 0.129. The molecule has 1 aromatic rings. The molecule has 0 saturated carbocycles. The van der Waals surface area contributed by atoms with Crippen molar-refractivity contribution in [3.8, 4) is 0 Å². The number of piperidine rings is 1. The van der Waals surface area contributed by atoms with Gasteiger partial charge in [-0.15, -0.1) is 0 Å². The Hall–Kier alpha value is -0.910. The van der Waals surface area contributed by atoms with Gasteiger partial charge in [0.25, 0.3) is 0 Å². The number of aliphatic hydroxyl groups is 1. The van der Waals surface area contributed by atoms with Gasteiger partial charge in [0.15, 0.2) is 5.76 Å². The molecule has 0 atom stereocenters. The van der Waals surface area contributed by atoms with Crippen molar-refractivity contribution in [1.29, 1.82) is 0 Å². The molecule has 0 aliphatic carbocycles. The molecular formula is C10H17N3O2. The van der Waals surface area contributed by atoms with Crippen molar-refractivity contribution in [2.24, 2.45) is 5.73 Å². The molecule has 5 nitrogen and oxygen atoms in total.